The minimum absolute atomic E-state index is 0.0321. The highest BCUT2D eigenvalue weighted by molar-refractivity contribution is 7.87. The molecule has 2 atom stereocenters. The molecule has 6 nitrogen and oxygen atoms in total. The van der Waals surface area contributed by atoms with Crippen molar-refractivity contribution in [3.8, 4) is 0 Å². The van der Waals surface area contributed by atoms with Crippen LogP contribution >= 0.6 is 0 Å². The third-order valence-corrected chi connectivity index (χ3v) is 6.06. The van der Waals surface area contributed by atoms with Crippen LogP contribution in [0.2, 0.25) is 0 Å². The molecule has 3 N–H and O–H groups in total. The Labute approximate surface area is 122 Å². The molecule has 0 saturated carbocycles. The monoisotopic (exact) mass is 304 g/mol. The number of nitrogens with one attached hydrogen (secondary N) is 1. The summed E-state index contributed by atoms with van der Waals surface area (Å²) in [6, 6.07) is -0.0321. The van der Waals surface area contributed by atoms with Gasteiger partial charge < -0.3 is 10.6 Å². The second-order valence-electron chi connectivity index (χ2n) is 6.12. The summed E-state index contributed by atoms with van der Waals surface area (Å²) in [4.78, 5) is 2.27. The van der Waals surface area contributed by atoms with E-state index in [0.29, 0.717) is 25.6 Å². The highest BCUT2D eigenvalue weighted by atomic mass is 32.2. The van der Waals surface area contributed by atoms with Crippen molar-refractivity contribution < 1.29 is 8.42 Å². The minimum atomic E-state index is -3.38. The summed E-state index contributed by atoms with van der Waals surface area (Å²) in [6.07, 6.45) is 5.14. The number of nitrogens with two attached hydrogens (primary N) is 1. The van der Waals surface area contributed by atoms with Crippen molar-refractivity contribution in [1.82, 2.24) is 13.9 Å². The maximum Gasteiger partial charge on any atom is 0.279 e. The van der Waals surface area contributed by atoms with Crippen LogP contribution in [-0.2, 0) is 10.2 Å². The normalized spacial score (nSPS) is 30.5. The Bertz CT molecular complexity index is 401. The fourth-order valence-electron chi connectivity index (χ4n) is 3.27. The molecule has 2 rings (SSSR count). The van der Waals surface area contributed by atoms with Crippen LogP contribution in [0, 0.1) is 5.92 Å². The number of piperidine rings is 2. The summed E-state index contributed by atoms with van der Waals surface area (Å²) in [5.41, 5.74) is 5.71. The SMILES string of the molecule is CN1CCCC(CNS(=O)(=O)N2CCCCC2CN)C1. The third-order valence-electron chi connectivity index (χ3n) is 4.43. The maximum atomic E-state index is 12.4. The average molecular weight is 304 g/mol. The number of likely N-dealkylation sites (tertiary alicyclic amines) is 1. The number of nitrogens with zero attached hydrogens (tertiary/aromatic N) is 2. The van der Waals surface area contributed by atoms with Gasteiger partial charge in [-0.15, -0.1) is 0 Å². The second-order valence-corrected chi connectivity index (χ2v) is 7.83. The average Bonchev–Trinajstić information content (AvgIpc) is 2.45. The van der Waals surface area contributed by atoms with Gasteiger partial charge in [0.15, 0.2) is 0 Å². The van der Waals surface area contributed by atoms with Crippen molar-refractivity contribution in [2.24, 2.45) is 11.7 Å². The topological polar surface area (TPSA) is 78.7 Å². The van der Waals surface area contributed by atoms with Gasteiger partial charge >= 0.3 is 0 Å². The van der Waals surface area contributed by atoms with Gasteiger partial charge in [-0.3, -0.25) is 0 Å². The van der Waals surface area contributed by atoms with Crippen LogP contribution in [0.15, 0.2) is 0 Å². The zero-order chi connectivity index (χ0) is 14.6. The van der Waals surface area contributed by atoms with Crippen molar-refractivity contribution in [3.63, 3.8) is 0 Å². The van der Waals surface area contributed by atoms with Crippen molar-refractivity contribution in [2.75, 3.05) is 39.8 Å². The lowest BCUT2D eigenvalue weighted by Crippen LogP contribution is -2.52. The van der Waals surface area contributed by atoms with E-state index in [0.717, 1.165) is 45.2 Å². The molecule has 0 aromatic carbocycles. The lowest BCUT2D eigenvalue weighted by atomic mass is 9.99. The lowest BCUT2D eigenvalue weighted by Gasteiger charge is -2.35. The molecule has 2 unspecified atom stereocenters. The number of hydrogen-bond donors (Lipinski definition) is 2. The van der Waals surface area contributed by atoms with Gasteiger partial charge in [-0.05, 0) is 45.2 Å². The van der Waals surface area contributed by atoms with Crippen LogP contribution in [0.5, 0.6) is 0 Å². The first kappa shape index (κ1) is 16.2. The zero-order valence-corrected chi connectivity index (χ0v) is 13.2. The van der Waals surface area contributed by atoms with Gasteiger partial charge in [-0.2, -0.15) is 12.7 Å². The summed E-state index contributed by atoms with van der Waals surface area (Å²) in [7, 11) is -1.28. The summed E-state index contributed by atoms with van der Waals surface area (Å²) in [6.45, 7) is 3.64. The van der Waals surface area contributed by atoms with Gasteiger partial charge in [0, 0.05) is 32.2 Å². The molecule has 7 heteroatoms. The predicted octanol–water partition coefficient (Wildman–Crippen LogP) is -0.0242. The van der Waals surface area contributed by atoms with Crippen molar-refractivity contribution >= 4 is 10.2 Å². The highest BCUT2D eigenvalue weighted by Crippen LogP contribution is 2.20. The van der Waals surface area contributed by atoms with Crippen LogP contribution in [0.1, 0.15) is 32.1 Å². The molecule has 2 aliphatic heterocycles. The molecule has 2 aliphatic rings. The Morgan fingerprint density at radius 2 is 2.00 bits per heavy atom. The zero-order valence-electron chi connectivity index (χ0n) is 12.4. The molecule has 0 amide bonds. The maximum absolute atomic E-state index is 12.4. The Morgan fingerprint density at radius 3 is 2.70 bits per heavy atom. The smallest absolute Gasteiger partial charge is 0.279 e. The van der Waals surface area contributed by atoms with E-state index in [2.05, 4.69) is 16.7 Å². The molecule has 0 aliphatic carbocycles. The second kappa shape index (κ2) is 7.17. The van der Waals surface area contributed by atoms with Crippen LogP contribution in [-0.4, -0.2) is 63.4 Å². The van der Waals surface area contributed by atoms with E-state index in [4.69, 9.17) is 5.73 Å². The van der Waals surface area contributed by atoms with E-state index >= 15 is 0 Å². The van der Waals surface area contributed by atoms with Gasteiger partial charge in [0.2, 0.25) is 0 Å². The Morgan fingerprint density at radius 1 is 1.20 bits per heavy atom. The fourth-order valence-corrected chi connectivity index (χ4v) is 4.84. The number of hydrogen-bond acceptors (Lipinski definition) is 4. The molecule has 0 aromatic rings. The van der Waals surface area contributed by atoms with Crippen molar-refractivity contribution in [3.05, 3.63) is 0 Å². The first-order chi connectivity index (χ1) is 9.53. The van der Waals surface area contributed by atoms with Crippen molar-refractivity contribution in [2.45, 2.75) is 38.1 Å². The molecule has 2 heterocycles. The van der Waals surface area contributed by atoms with Gasteiger partial charge in [0.1, 0.15) is 0 Å². The molecular weight excluding hydrogens is 276 g/mol. The van der Waals surface area contributed by atoms with E-state index in [1.807, 2.05) is 0 Å². The first-order valence-corrected chi connectivity index (χ1v) is 9.12. The van der Waals surface area contributed by atoms with E-state index in [1.165, 1.54) is 0 Å². The molecule has 0 aromatic heterocycles. The van der Waals surface area contributed by atoms with Crippen LogP contribution in [0.25, 0.3) is 0 Å². The summed E-state index contributed by atoms with van der Waals surface area (Å²) >= 11 is 0. The van der Waals surface area contributed by atoms with Crippen molar-refractivity contribution in [1.29, 1.82) is 0 Å². The largest absolute Gasteiger partial charge is 0.329 e. The van der Waals surface area contributed by atoms with Gasteiger partial charge in [-0.1, -0.05) is 6.42 Å². The van der Waals surface area contributed by atoms with E-state index in [-0.39, 0.29) is 6.04 Å². The Kier molecular flexibility index (Phi) is 5.80. The predicted molar refractivity (Wildman–Crippen MR) is 80.5 cm³/mol. The lowest BCUT2D eigenvalue weighted by molar-refractivity contribution is 0.208. The van der Waals surface area contributed by atoms with Crippen LogP contribution in [0.4, 0.5) is 0 Å². The molecule has 0 radical (unpaired) electrons. The fraction of sp³-hybridized carbons (Fsp3) is 1.00. The first-order valence-electron chi connectivity index (χ1n) is 7.68. The van der Waals surface area contributed by atoms with Crippen LogP contribution < -0.4 is 10.5 Å². The molecular formula is C13H28N4O2S. The summed E-state index contributed by atoms with van der Waals surface area (Å²) in [5, 5.41) is 0. The summed E-state index contributed by atoms with van der Waals surface area (Å²) in [5.74, 6) is 0.421. The van der Waals surface area contributed by atoms with Gasteiger partial charge in [0.25, 0.3) is 10.2 Å². The standard InChI is InChI=1S/C13H28N4O2S/c1-16-7-4-5-12(11-16)10-15-20(18,19)17-8-3-2-6-13(17)9-14/h12-13,15H,2-11,14H2,1H3. The van der Waals surface area contributed by atoms with E-state index < -0.39 is 10.2 Å². The Balaban J connectivity index is 1.89. The van der Waals surface area contributed by atoms with E-state index in [1.54, 1.807) is 4.31 Å². The molecule has 118 valence electrons. The Hall–Kier alpha value is -0.210. The van der Waals surface area contributed by atoms with E-state index in [9.17, 15) is 8.42 Å². The molecule has 0 spiro atoms. The quantitative estimate of drug-likeness (QED) is 0.748. The number of rotatable bonds is 5. The molecule has 20 heavy (non-hydrogen) atoms. The molecule has 0 bridgehead atoms. The van der Waals surface area contributed by atoms with Crippen LogP contribution in [0.3, 0.4) is 0 Å². The summed E-state index contributed by atoms with van der Waals surface area (Å²) < 4.78 is 29.2. The van der Waals surface area contributed by atoms with Gasteiger partial charge in [0.05, 0.1) is 0 Å². The minimum Gasteiger partial charge on any atom is -0.329 e. The molecule has 2 saturated heterocycles. The third kappa shape index (κ3) is 4.14. The highest BCUT2D eigenvalue weighted by Gasteiger charge is 2.31. The van der Waals surface area contributed by atoms with Gasteiger partial charge in [-0.25, -0.2) is 4.72 Å². The molecule has 2 fully saturated rings.